The Morgan fingerprint density at radius 3 is 2.57 bits per heavy atom. The summed E-state index contributed by atoms with van der Waals surface area (Å²) in [5.74, 6) is 1.10. The Morgan fingerprint density at radius 1 is 1.29 bits per heavy atom. The Balaban J connectivity index is 1.99. The molecule has 2 heterocycles. The highest BCUT2D eigenvalue weighted by Gasteiger charge is 2.21. The van der Waals surface area contributed by atoms with Crippen molar-refractivity contribution in [1.82, 2.24) is 15.2 Å². The number of pyridine rings is 1. The Kier molecular flexibility index (Phi) is 5.22. The minimum absolute atomic E-state index is 0.123. The van der Waals surface area contributed by atoms with Crippen molar-refractivity contribution in [2.75, 3.05) is 32.1 Å². The van der Waals surface area contributed by atoms with Crippen LogP contribution in [0.1, 0.15) is 39.3 Å². The second-order valence-electron chi connectivity index (χ2n) is 7.24. The minimum Gasteiger partial charge on any atom is -0.357 e. The molecule has 2 rings (SSSR count). The average molecular weight is 290 g/mol. The van der Waals surface area contributed by atoms with Crippen molar-refractivity contribution in [3.63, 3.8) is 0 Å². The molecule has 118 valence electrons. The zero-order chi connectivity index (χ0) is 15.5. The molecule has 1 aliphatic heterocycles. The lowest BCUT2D eigenvalue weighted by Crippen LogP contribution is -2.42. The number of rotatable bonds is 4. The topological polar surface area (TPSA) is 31.4 Å². The quantitative estimate of drug-likeness (QED) is 0.923. The van der Waals surface area contributed by atoms with Crippen LogP contribution in [0.4, 0.5) is 5.82 Å². The van der Waals surface area contributed by atoms with Gasteiger partial charge in [0.15, 0.2) is 0 Å². The van der Waals surface area contributed by atoms with Crippen LogP contribution in [0.5, 0.6) is 0 Å². The predicted octanol–water partition coefficient (Wildman–Crippen LogP) is 2.50. The van der Waals surface area contributed by atoms with Crippen LogP contribution in [-0.4, -0.2) is 48.6 Å². The fourth-order valence-corrected chi connectivity index (χ4v) is 2.69. The molecule has 0 amide bonds. The van der Waals surface area contributed by atoms with E-state index in [-0.39, 0.29) is 5.54 Å². The van der Waals surface area contributed by atoms with Crippen LogP contribution in [0, 0.1) is 0 Å². The molecule has 0 radical (unpaired) electrons. The van der Waals surface area contributed by atoms with Gasteiger partial charge in [-0.1, -0.05) is 6.07 Å². The Bertz CT molecular complexity index is 444. The summed E-state index contributed by atoms with van der Waals surface area (Å²) < 4.78 is 0. The van der Waals surface area contributed by atoms with E-state index in [1.807, 2.05) is 0 Å². The Hall–Kier alpha value is -1.13. The normalized spacial score (nSPS) is 18.0. The van der Waals surface area contributed by atoms with Crippen molar-refractivity contribution in [2.45, 2.75) is 51.7 Å². The van der Waals surface area contributed by atoms with E-state index in [0.29, 0.717) is 6.04 Å². The molecule has 0 aromatic carbocycles. The third-order valence-electron chi connectivity index (χ3n) is 4.19. The van der Waals surface area contributed by atoms with E-state index in [2.05, 4.69) is 68.2 Å². The van der Waals surface area contributed by atoms with Gasteiger partial charge in [-0.2, -0.15) is 0 Å². The summed E-state index contributed by atoms with van der Waals surface area (Å²) in [4.78, 5) is 9.58. The van der Waals surface area contributed by atoms with Gasteiger partial charge in [-0.05, 0) is 65.9 Å². The van der Waals surface area contributed by atoms with Crippen LogP contribution in [0.15, 0.2) is 18.2 Å². The molecule has 0 saturated carbocycles. The zero-order valence-electron chi connectivity index (χ0n) is 14.2. The largest absolute Gasteiger partial charge is 0.357 e. The second-order valence-corrected chi connectivity index (χ2v) is 7.24. The van der Waals surface area contributed by atoms with Crippen LogP contribution < -0.4 is 10.2 Å². The summed E-state index contributed by atoms with van der Waals surface area (Å²) in [5, 5.41) is 3.50. The summed E-state index contributed by atoms with van der Waals surface area (Å²) in [5.41, 5.74) is 1.24. The number of piperidine rings is 1. The van der Waals surface area contributed by atoms with Gasteiger partial charge in [-0.3, -0.25) is 0 Å². The summed E-state index contributed by atoms with van der Waals surface area (Å²) in [7, 11) is 4.38. The molecular weight excluding hydrogens is 260 g/mol. The molecule has 4 heteroatoms. The van der Waals surface area contributed by atoms with E-state index in [9.17, 15) is 0 Å². The predicted molar refractivity (Wildman–Crippen MR) is 89.8 cm³/mol. The van der Waals surface area contributed by atoms with Crippen molar-refractivity contribution in [3.05, 3.63) is 23.9 Å². The van der Waals surface area contributed by atoms with Gasteiger partial charge in [0.05, 0.1) is 5.69 Å². The van der Waals surface area contributed by atoms with E-state index in [4.69, 9.17) is 4.98 Å². The second kappa shape index (κ2) is 6.75. The molecule has 0 spiro atoms. The van der Waals surface area contributed by atoms with Gasteiger partial charge in [0.1, 0.15) is 5.82 Å². The van der Waals surface area contributed by atoms with Crippen molar-refractivity contribution in [2.24, 2.45) is 0 Å². The van der Waals surface area contributed by atoms with Crippen LogP contribution in [0.2, 0.25) is 0 Å². The maximum atomic E-state index is 4.82. The lowest BCUT2D eigenvalue weighted by atomic mass is 10.0. The Morgan fingerprint density at radius 2 is 1.95 bits per heavy atom. The fraction of sp³-hybridized carbons (Fsp3) is 0.706. The first-order chi connectivity index (χ1) is 9.85. The van der Waals surface area contributed by atoms with Gasteiger partial charge in [0.25, 0.3) is 0 Å². The van der Waals surface area contributed by atoms with Crippen LogP contribution >= 0.6 is 0 Å². The lowest BCUT2D eigenvalue weighted by molar-refractivity contribution is 0.252. The molecule has 0 atom stereocenters. The first-order valence-electron chi connectivity index (χ1n) is 7.97. The highest BCUT2D eigenvalue weighted by molar-refractivity contribution is 5.39. The van der Waals surface area contributed by atoms with E-state index < -0.39 is 0 Å². The van der Waals surface area contributed by atoms with Crippen molar-refractivity contribution in [3.8, 4) is 0 Å². The number of anilines is 1. The molecule has 1 fully saturated rings. The molecule has 1 N–H and O–H groups in total. The summed E-state index contributed by atoms with van der Waals surface area (Å²) in [6.07, 6.45) is 2.44. The minimum atomic E-state index is 0.123. The number of aromatic nitrogens is 1. The molecule has 0 bridgehead atoms. The van der Waals surface area contributed by atoms with E-state index in [0.717, 1.165) is 18.1 Å². The van der Waals surface area contributed by atoms with Crippen LogP contribution in [0.25, 0.3) is 0 Å². The molecule has 0 aliphatic carbocycles. The van der Waals surface area contributed by atoms with Crippen molar-refractivity contribution >= 4 is 5.82 Å². The van der Waals surface area contributed by atoms with Gasteiger partial charge in [0, 0.05) is 25.2 Å². The fourth-order valence-electron chi connectivity index (χ4n) is 2.69. The SMILES string of the molecule is CN1CCC(N(C)c2cccc(CNC(C)(C)C)n2)CC1. The van der Waals surface area contributed by atoms with Gasteiger partial charge >= 0.3 is 0 Å². The summed E-state index contributed by atoms with van der Waals surface area (Å²) in [6, 6.07) is 6.96. The molecule has 4 nitrogen and oxygen atoms in total. The lowest BCUT2D eigenvalue weighted by Gasteiger charge is -2.35. The van der Waals surface area contributed by atoms with E-state index >= 15 is 0 Å². The van der Waals surface area contributed by atoms with Gasteiger partial charge < -0.3 is 15.1 Å². The van der Waals surface area contributed by atoms with Crippen LogP contribution in [-0.2, 0) is 6.54 Å². The van der Waals surface area contributed by atoms with E-state index in [1.54, 1.807) is 0 Å². The Labute approximate surface area is 129 Å². The summed E-state index contributed by atoms with van der Waals surface area (Å²) in [6.45, 7) is 9.73. The van der Waals surface area contributed by atoms with Crippen molar-refractivity contribution < 1.29 is 0 Å². The number of hydrogen-bond donors (Lipinski definition) is 1. The van der Waals surface area contributed by atoms with Crippen LogP contribution in [0.3, 0.4) is 0 Å². The third kappa shape index (κ3) is 4.97. The van der Waals surface area contributed by atoms with Crippen molar-refractivity contribution in [1.29, 1.82) is 0 Å². The van der Waals surface area contributed by atoms with Gasteiger partial charge in [-0.15, -0.1) is 0 Å². The molecule has 21 heavy (non-hydrogen) atoms. The highest BCUT2D eigenvalue weighted by Crippen LogP contribution is 2.20. The maximum Gasteiger partial charge on any atom is 0.128 e. The highest BCUT2D eigenvalue weighted by atomic mass is 15.2. The molecular formula is C17H30N4. The first-order valence-corrected chi connectivity index (χ1v) is 7.97. The summed E-state index contributed by atoms with van der Waals surface area (Å²) >= 11 is 0. The molecule has 1 aromatic heterocycles. The third-order valence-corrected chi connectivity index (χ3v) is 4.19. The number of likely N-dealkylation sites (tertiary alicyclic amines) is 1. The monoisotopic (exact) mass is 290 g/mol. The molecule has 0 unspecified atom stereocenters. The van der Waals surface area contributed by atoms with Gasteiger partial charge in [0.2, 0.25) is 0 Å². The number of hydrogen-bond acceptors (Lipinski definition) is 4. The first kappa shape index (κ1) is 16.2. The molecule has 1 saturated heterocycles. The number of nitrogens with zero attached hydrogens (tertiary/aromatic N) is 3. The maximum absolute atomic E-state index is 4.82. The van der Waals surface area contributed by atoms with Gasteiger partial charge in [-0.25, -0.2) is 4.98 Å². The number of nitrogens with one attached hydrogen (secondary N) is 1. The smallest absolute Gasteiger partial charge is 0.128 e. The van der Waals surface area contributed by atoms with E-state index in [1.165, 1.54) is 25.9 Å². The average Bonchev–Trinajstić information content (AvgIpc) is 2.45. The molecule has 1 aliphatic rings. The standard InChI is InChI=1S/C17H30N4/c1-17(2,3)18-13-14-7-6-8-16(19-14)21(5)15-9-11-20(4)12-10-15/h6-8,15,18H,9-13H2,1-5H3. The zero-order valence-corrected chi connectivity index (χ0v) is 14.2. The molecule has 1 aromatic rings.